The Morgan fingerprint density at radius 1 is 1.69 bits per heavy atom. The van der Waals surface area contributed by atoms with E-state index in [2.05, 4.69) is 4.98 Å². The van der Waals surface area contributed by atoms with E-state index in [1.807, 2.05) is 0 Å². The Balaban J connectivity index is 3.42. The van der Waals surface area contributed by atoms with Crippen LogP contribution in [0.4, 0.5) is 8.78 Å². The number of aromatic carboxylic acids is 1. The summed E-state index contributed by atoms with van der Waals surface area (Å²) in [5, 5.41) is 8.71. The maximum absolute atomic E-state index is 12.7. The molecule has 0 spiro atoms. The summed E-state index contributed by atoms with van der Waals surface area (Å²) in [6, 6.07) is 0.944. The number of aromatic nitrogens is 1. The first-order valence-electron chi connectivity index (χ1n) is 4.16. The Labute approximate surface area is 94.8 Å². The maximum atomic E-state index is 12.7. The van der Waals surface area contributed by atoms with Crippen LogP contribution in [0.3, 0.4) is 0 Å². The summed E-state index contributed by atoms with van der Waals surface area (Å²) in [5.74, 6) is -1.86. The van der Waals surface area contributed by atoms with Gasteiger partial charge in [0.1, 0.15) is 5.75 Å². The van der Waals surface area contributed by atoms with Gasteiger partial charge in [-0.25, -0.2) is 18.6 Å². The fraction of sp³-hybridized carbons (Fsp3) is 0.333. The van der Waals surface area contributed by atoms with Crippen LogP contribution in [0.2, 0.25) is 0 Å². The molecular formula is C9H8ClF2NO3. The molecule has 4 nitrogen and oxygen atoms in total. The predicted molar refractivity (Wildman–Crippen MR) is 52.3 cm³/mol. The summed E-state index contributed by atoms with van der Waals surface area (Å²) in [6.07, 6.45) is -2.82. The number of rotatable bonds is 4. The highest BCUT2D eigenvalue weighted by Crippen LogP contribution is 2.32. The van der Waals surface area contributed by atoms with Crippen LogP contribution in [0, 0.1) is 0 Å². The number of hydrogen-bond acceptors (Lipinski definition) is 3. The van der Waals surface area contributed by atoms with Crippen molar-refractivity contribution in [2.75, 3.05) is 7.11 Å². The molecule has 1 aromatic rings. The molecule has 16 heavy (non-hydrogen) atoms. The molecule has 0 aliphatic carbocycles. The van der Waals surface area contributed by atoms with Crippen LogP contribution in [0.5, 0.6) is 5.75 Å². The van der Waals surface area contributed by atoms with Gasteiger partial charge in [0.05, 0.1) is 24.2 Å². The van der Waals surface area contributed by atoms with Crippen LogP contribution in [0.1, 0.15) is 28.2 Å². The maximum Gasteiger partial charge on any atom is 0.354 e. The Hall–Kier alpha value is -1.43. The Bertz CT molecular complexity index is 387. The summed E-state index contributed by atoms with van der Waals surface area (Å²) in [5.41, 5.74) is -1.03. The number of nitrogens with zero attached hydrogens (tertiary/aromatic N) is 1. The number of hydrogen-bond donors (Lipinski definition) is 1. The van der Waals surface area contributed by atoms with E-state index >= 15 is 0 Å². The molecule has 0 amide bonds. The van der Waals surface area contributed by atoms with Crippen LogP contribution >= 0.6 is 11.6 Å². The fourth-order valence-corrected chi connectivity index (χ4v) is 1.40. The van der Waals surface area contributed by atoms with Crippen molar-refractivity contribution in [1.82, 2.24) is 4.98 Å². The second-order valence-corrected chi connectivity index (χ2v) is 3.08. The minimum Gasteiger partial charge on any atom is -0.496 e. The zero-order valence-electron chi connectivity index (χ0n) is 8.21. The number of halogens is 3. The van der Waals surface area contributed by atoms with Gasteiger partial charge in [-0.1, -0.05) is 0 Å². The molecular weight excluding hydrogens is 244 g/mol. The topological polar surface area (TPSA) is 59.4 Å². The number of methoxy groups -OCH3 is 1. The van der Waals surface area contributed by atoms with E-state index in [1.165, 1.54) is 7.11 Å². The summed E-state index contributed by atoms with van der Waals surface area (Å²) in [7, 11) is 1.17. The van der Waals surface area contributed by atoms with Gasteiger partial charge in [0, 0.05) is 6.07 Å². The van der Waals surface area contributed by atoms with Crippen molar-refractivity contribution in [2.45, 2.75) is 12.3 Å². The van der Waals surface area contributed by atoms with Gasteiger partial charge in [0.2, 0.25) is 0 Å². The smallest absolute Gasteiger partial charge is 0.354 e. The lowest BCUT2D eigenvalue weighted by Gasteiger charge is -2.11. The summed E-state index contributed by atoms with van der Waals surface area (Å²) < 4.78 is 30.0. The molecule has 0 saturated carbocycles. The fourth-order valence-electron chi connectivity index (χ4n) is 1.20. The third-order valence-corrected chi connectivity index (χ3v) is 2.14. The van der Waals surface area contributed by atoms with Gasteiger partial charge in [0.15, 0.2) is 5.69 Å². The first-order chi connectivity index (χ1) is 7.51. The number of carbonyl (C=O) groups is 1. The molecule has 0 fully saturated rings. The number of ether oxygens (including phenoxy) is 1. The standard InChI is InChI=1S/C9H8ClF2NO3/c1-16-6-2-4(9(14)15)13-5(3-10)7(6)8(11)12/h2,8H,3H2,1H3,(H,14,15). The van der Waals surface area contributed by atoms with Crippen LogP contribution in [0.15, 0.2) is 6.07 Å². The molecule has 0 saturated heterocycles. The number of pyridine rings is 1. The van der Waals surface area contributed by atoms with E-state index in [1.54, 1.807) is 0 Å². The van der Waals surface area contributed by atoms with Gasteiger partial charge in [-0.05, 0) is 0 Å². The highest BCUT2D eigenvalue weighted by molar-refractivity contribution is 6.17. The molecule has 7 heteroatoms. The quantitative estimate of drug-likeness (QED) is 0.835. The molecule has 0 aliphatic heterocycles. The molecule has 0 unspecified atom stereocenters. The average Bonchev–Trinajstić information content (AvgIpc) is 2.26. The lowest BCUT2D eigenvalue weighted by molar-refractivity contribution is 0.0688. The zero-order valence-corrected chi connectivity index (χ0v) is 8.96. The Morgan fingerprint density at radius 2 is 2.31 bits per heavy atom. The summed E-state index contributed by atoms with van der Waals surface area (Å²) >= 11 is 5.44. The van der Waals surface area contributed by atoms with Crippen LogP contribution in [-0.4, -0.2) is 23.2 Å². The molecule has 0 aromatic carbocycles. The predicted octanol–water partition coefficient (Wildman–Crippen LogP) is 2.46. The van der Waals surface area contributed by atoms with Gasteiger partial charge in [-0.15, -0.1) is 11.6 Å². The number of carboxylic acids is 1. The lowest BCUT2D eigenvalue weighted by Crippen LogP contribution is -2.08. The number of carboxylic acid groups (broad SMARTS) is 1. The van der Waals surface area contributed by atoms with Crippen molar-refractivity contribution < 1.29 is 23.4 Å². The van der Waals surface area contributed by atoms with E-state index < -0.39 is 18.0 Å². The van der Waals surface area contributed by atoms with Gasteiger partial charge < -0.3 is 9.84 Å². The van der Waals surface area contributed by atoms with Crippen molar-refractivity contribution in [1.29, 1.82) is 0 Å². The lowest BCUT2D eigenvalue weighted by atomic mass is 10.1. The second kappa shape index (κ2) is 5.07. The third-order valence-electron chi connectivity index (χ3n) is 1.88. The summed E-state index contributed by atoms with van der Waals surface area (Å²) in [4.78, 5) is 14.2. The molecule has 0 aliphatic rings. The molecule has 1 heterocycles. The van der Waals surface area contributed by atoms with E-state index in [4.69, 9.17) is 21.4 Å². The van der Waals surface area contributed by atoms with E-state index in [-0.39, 0.29) is 23.0 Å². The molecule has 88 valence electrons. The Kier molecular flexibility index (Phi) is 4.00. The van der Waals surface area contributed by atoms with Crippen LogP contribution < -0.4 is 4.74 Å². The molecule has 1 aromatic heterocycles. The molecule has 1 rings (SSSR count). The van der Waals surface area contributed by atoms with Crippen LogP contribution in [0.25, 0.3) is 0 Å². The summed E-state index contributed by atoms with van der Waals surface area (Å²) in [6.45, 7) is 0. The molecule has 0 radical (unpaired) electrons. The van der Waals surface area contributed by atoms with Gasteiger partial charge in [-0.3, -0.25) is 0 Å². The Morgan fingerprint density at radius 3 is 2.69 bits per heavy atom. The minimum atomic E-state index is -2.82. The first-order valence-corrected chi connectivity index (χ1v) is 4.70. The van der Waals surface area contributed by atoms with Gasteiger partial charge in [-0.2, -0.15) is 0 Å². The van der Waals surface area contributed by atoms with E-state index in [0.29, 0.717) is 0 Å². The van der Waals surface area contributed by atoms with E-state index in [9.17, 15) is 13.6 Å². The zero-order chi connectivity index (χ0) is 12.3. The van der Waals surface area contributed by atoms with Crippen molar-refractivity contribution in [3.8, 4) is 5.75 Å². The van der Waals surface area contributed by atoms with Gasteiger partial charge in [0.25, 0.3) is 6.43 Å². The highest BCUT2D eigenvalue weighted by Gasteiger charge is 2.22. The minimum absolute atomic E-state index is 0.187. The average molecular weight is 252 g/mol. The van der Waals surface area contributed by atoms with Gasteiger partial charge >= 0.3 is 5.97 Å². The van der Waals surface area contributed by atoms with E-state index in [0.717, 1.165) is 6.07 Å². The normalized spacial score (nSPS) is 10.6. The second-order valence-electron chi connectivity index (χ2n) is 2.81. The van der Waals surface area contributed by atoms with Crippen LogP contribution in [-0.2, 0) is 5.88 Å². The number of alkyl halides is 3. The molecule has 0 bridgehead atoms. The molecule has 1 N–H and O–H groups in total. The van der Waals surface area contributed by atoms with Crippen molar-refractivity contribution in [3.63, 3.8) is 0 Å². The SMILES string of the molecule is COc1cc(C(=O)O)nc(CCl)c1C(F)F. The highest BCUT2D eigenvalue weighted by atomic mass is 35.5. The van der Waals surface area contributed by atoms with Crippen molar-refractivity contribution in [3.05, 3.63) is 23.0 Å². The first kappa shape index (κ1) is 12.6. The third kappa shape index (κ3) is 2.38. The molecule has 0 atom stereocenters. The van der Waals surface area contributed by atoms with Crippen molar-refractivity contribution >= 4 is 17.6 Å². The largest absolute Gasteiger partial charge is 0.496 e. The monoisotopic (exact) mass is 251 g/mol. The van der Waals surface area contributed by atoms with Crippen molar-refractivity contribution in [2.24, 2.45) is 0 Å².